The van der Waals surface area contributed by atoms with Gasteiger partial charge in [0.25, 0.3) is 0 Å². The molecule has 32 heavy (non-hydrogen) atoms. The molecule has 4 aliphatic rings. The van der Waals surface area contributed by atoms with Crippen LogP contribution in [0.5, 0.6) is 0 Å². The van der Waals surface area contributed by atoms with Gasteiger partial charge in [-0.1, -0.05) is 25.3 Å². The molecule has 1 amide bonds. The predicted molar refractivity (Wildman–Crippen MR) is 120 cm³/mol. The molecule has 2 aliphatic carbocycles. The Hall–Kier alpha value is -2.94. The number of carbonyl (C=O) groups excluding carboxylic acids is 1. The fourth-order valence-corrected chi connectivity index (χ4v) is 5.15. The maximum absolute atomic E-state index is 14.7. The molecular formula is C23H30FN7O. The zero-order valence-electron chi connectivity index (χ0n) is 18.0. The van der Waals surface area contributed by atoms with E-state index >= 15 is 0 Å². The Labute approximate surface area is 187 Å². The van der Waals surface area contributed by atoms with Gasteiger partial charge in [-0.15, -0.1) is 0 Å². The lowest BCUT2D eigenvalue weighted by Crippen LogP contribution is -2.67. The van der Waals surface area contributed by atoms with Crippen molar-refractivity contribution in [1.29, 1.82) is 0 Å². The van der Waals surface area contributed by atoms with Crippen LogP contribution < -0.4 is 27.0 Å². The fourth-order valence-electron chi connectivity index (χ4n) is 5.15. The van der Waals surface area contributed by atoms with Crippen LogP contribution in [-0.2, 0) is 4.79 Å². The quantitative estimate of drug-likeness (QED) is 0.447. The Bertz CT molecular complexity index is 985. The van der Waals surface area contributed by atoms with Crippen molar-refractivity contribution in [2.45, 2.75) is 69.2 Å². The highest BCUT2D eigenvalue weighted by Gasteiger charge is 2.41. The minimum Gasteiger partial charge on any atom is -0.368 e. The summed E-state index contributed by atoms with van der Waals surface area (Å²) in [6.07, 6.45) is 16.0. The number of dihydropyridines is 1. The zero-order chi connectivity index (χ0) is 22.1. The van der Waals surface area contributed by atoms with E-state index in [4.69, 9.17) is 5.73 Å². The number of hydrogen-bond donors (Lipinski definition) is 5. The molecule has 0 saturated heterocycles. The van der Waals surface area contributed by atoms with E-state index in [1.54, 1.807) is 0 Å². The fraction of sp³-hybridized carbons (Fsp3) is 0.522. The average Bonchev–Trinajstić information content (AvgIpc) is 3.47. The first-order chi connectivity index (χ1) is 15.5. The van der Waals surface area contributed by atoms with Crippen LogP contribution in [0.3, 0.4) is 0 Å². The highest BCUT2D eigenvalue weighted by molar-refractivity contribution is 5.81. The molecule has 2 saturated carbocycles. The van der Waals surface area contributed by atoms with Gasteiger partial charge in [0.2, 0.25) is 5.91 Å². The van der Waals surface area contributed by atoms with Crippen molar-refractivity contribution in [3.8, 4) is 0 Å². The molecule has 1 aromatic heterocycles. The van der Waals surface area contributed by atoms with E-state index < -0.39 is 11.5 Å². The molecular weight excluding hydrogens is 409 g/mol. The van der Waals surface area contributed by atoms with Gasteiger partial charge in [-0.3, -0.25) is 4.79 Å². The van der Waals surface area contributed by atoms with Crippen LogP contribution >= 0.6 is 0 Å². The van der Waals surface area contributed by atoms with Crippen molar-refractivity contribution in [3.63, 3.8) is 0 Å². The number of nitrogens with one attached hydrogen (secondary N) is 4. The second kappa shape index (κ2) is 8.54. The molecule has 9 heteroatoms. The van der Waals surface area contributed by atoms with E-state index in [1.807, 2.05) is 24.6 Å². The summed E-state index contributed by atoms with van der Waals surface area (Å²) >= 11 is 0. The smallest absolute Gasteiger partial charge is 0.224 e. The Morgan fingerprint density at radius 1 is 1.19 bits per heavy atom. The molecule has 3 heterocycles. The van der Waals surface area contributed by atoms with Crippen molar-refractivity contribution in [3.05, 3.63) is 48.0 Å². The highest BCUT2D eigenvalue weighted by Crippen LogP contribution is 2.32. The van der Waals surface area contributed by atoms with Crippen molar-refractivity contribution in [2.75, 3.05) is 5.32 Å². The van der Waals surface area contributed by atoms with Gasteiger partial charge < -0.3 is 27.0 Å². The first kappa shape index (κ1) is 20.9. The Balaban J connectivity index is 1.36. The molecule has 2 aliphatic heterocycles. The molecule has 170 valence electrons. The van der Waals surface area contributed by atoms with Crippen LogP contribution in [0.4, 0.5) is 10.2 Å². The Morgan fingerprint density at radius 2 is 2.00 bits per heavy atom. The normalized spacial score (nSPS) is 29.4. The summed E-state index contributed by atoms with van der Waals surface area (Å²) in [6.45, 7) is 0. The number of allylic oxidation sites excluding steroid dienone is 2. The summed E-state index contributed by atoms with van der Waals surface area (Å²) in [5.41, 5.74) is 7.59. The average molecular weight is 440 g/mol. The second-order valence-electron chi connectivity index (χ2n) is 9.15. The van der Waals surface area contributed by atoms with Crippen LogP contribution in [0.1, 0.15) is 57.2 Å². The van der Waals surface area contributed by atoms with Crippen LogP contribution in [0.15, 0.2) is 36.3 Å². The van der Waals surface area contributed by atoms with Crippen LogP contribution in [0, 0.1) is 11.7 Å². The summed E-state index contributed by atoms with van der Waals surface area (Å²) in [7, 11) is 0. The number of fused-ring (bicyclic) bond motifs is 1. The number of anilines is 1. The molecule has 8 nitrogen and oxygen atoms in total. The number of aromatic nitrogens is 2. The third kappa shape index (κ3) is 3.97. The number of nitrogens with zero attached hydrogens (tertiary/aromatic N) is 2. The molecule has 6 N–H and O–H groups in total. The Kier molecular flexibility index (Phi) is 5.58. The van der Waals surface area contributed by atoms with E-state index in [0.717, 1.165) is 56.1 Å². The summed E-state index contributed by atoms with van der Waals surface area (Å²) in [5.74, 6) is 0.0430. The van der Waals surface area contributed by atoms with Gasteiger partial charge in [-0.05, 0) is 44.4 Å². The van der Waals surface area contributed by atoms with E-state index in [9.17, 15) is 9.18 Å². The van der Waals surface area contributed by atoms with Crippen LogP contribution in [0.2, 0.25) is 0 Å². The minimum absolute atomic E-state index is 0.0144. The first-order valence-electron chi connectivity index (χ1n) is 11.5. The Morgan fingerprint density at radius 3 is 2.84 bits per heavy atom. The summed E-state index contributed by atoms with van der Waals surface area (Å²) in [5, 5.41) is 12.7. The maximum atomic E-state index is 14.7. The van der Waals surface area contributed by atoms with E-state index in [1.165, 1.54) is 6.20 Å². The predicted octanol–water partition coefficient (Wildman–Crippen LogP) is 2.25. The van der Waals surface area contributed by atoms with Gasteiger partial charge >= 0.3 is 0 Å². The van der Waals surface area contributed by atoms with Crippen LogP contribution in [0.25, 0.3) is 5.57 Å². The number of hydrogen-bond acceptors (Lipinski definition) is 7. The van der Waals surface area contributed by atoms with Crippen molar-refractivity contribution < 1.29 is 9.18 Å². The first-order valence-corrected chi connectivity index (χ1v) is 11.5. The van der Waals surface area contributed by atoms with Gasteiger partial charge in [0.15, 0.2) is 17.5 Å². The zero-order valence-corrected chi connectivity index (χ0v) is 18.0. The monoisotopic (exact) mass is 439 g/mol. The third-order valence-corrected chi connectivity index (χ3v) is 6.98. The van der Waals surface area contributed by atoms with Crippen molar-refractivity contribution in [1.82, 2.24) is 25.9 Å². The molecule has 3 atom stereocenters. The van der Waals surface area contributed by atoms with Crippen molar-refractivity contribution in [2.24, 2.45) is 11.7 Å². The molecule has 5 rings (SSSR count). The van der Waals surface area contributed by atoms with Gasteiger partial charge in [-0.2, -0.15) is 0 Å². The third-order valence-electron chi connectivity index (χ3n) is 6.98. The molecule has 0 spiro atoms. The molecule has 2 fully saturated rings. The van der Waals surface area contributed by atoms with Gasteiger partial charge in [0.05, 0.1) is 12.2 Å². The van der Waals surface area contributed by atoms with Gasteiger partial charge in [-0.25, -0.2) is 14.4 Å². The minimum atomic E-state index is -0.935. The lowest BCUT2D eigenvalue weighted by molar-refractivity contribution is -0.127. The SMILES string of the molecule is N[C@@]1(NC(=O)C2CCCC2)CCCC[C@H]1Nc1nc(C2=CNC3NC=CC=C23)ncc1F. The highest BCUT2D eigenvalue weighted by atomic mass is 19.1. The molecule has 1 aromatic rings. The number of amides is 1. The number of rotatable bonds is 5. The second-order valence-corrected chi connectivity index (χ2v) is 9.15. The van der Waals surface area contributed by atoms with Gasteiger partial charge in [0, 0.05) is 23.3 Å². The maximum Gasteiger partial charge on any atom is 0.224 e. The van der Waals surface area contributed by atoms with Crippen molar-refractivity contribution >= 4 is 17.3 Å². The van der Waals surface area contributed by atoms with E-state index in [2.05, 4.69) is 31.2 Å². The standard InChI is InChI=1S/C23H30FN7O/c24-17-13-28-20(16-12-27-19-15(16)8-5-11-26-19)30-21(17)29-18-9-3-4-10-23(18,25)31-22(32)14-6-1-2-7-14/h5,8,11-14,18-19,26-27H,1-4,6-7,9-10,25H2,(H,31,32)(H,28,29,30)/t18-,19?,23-/m1/s1. The summed E-state index contributed by atoms with van der Waals surface area (Å²) in [6, 6.07) is -0.319. The number of carbonyl (C=O) groups is 1. The molecule has 0 aromatic carbocycles. The van der Waals surface area contributed by atoms with Crippen LogP contribution in [-0.4, -0.2) is 33.7 Å². The molecule has 1 unspecified atom stereocenters. The van der Waals surface area contributed by atoms with E-state index in [-0.39, 0.29) is 29.9 Å². The lowest BCUT2D eigenvalue weighted by Gasteiger charge is -2.42. The molecule has 0 bridgehead atoms. The lowest BCUT2D eigenvalue weighted by atomic mass is 9.84. The molecule has 0 radical (unpaired) electrons. The largest absolute Gasteiger partial charge is 0.368 e. The number of halogens is 1. The summed E-state index contributed by atoms with van der Waals surface area (Å²) < 4.78 is 14.7. The van der Waals surface area contributed by atoms with Gasteiger partial charge in [0.1, 0.15) is 11.8 Å². The summed E-state index contributed by atoms with van der Waals surface area (Å²) in [4.78, 5) is 21.5. The number of nitrogens with two attached hydrogens (primary N) is 1. The van der Waals surface area contributed by atoms with E-state index in [0.29, 0.717) is 12.2 Å². The topological polar surface area (TPSA) is 117 Å².